The Morgan fingerprint density at radius 3 is 2.10 bits per heavy atom. The van der Waals surface area contributed by atoms with Gasteiger partial charge in [0.15, 0.2) is 0 Å². The maximum absolute atomic E-state index is 5.74. The first-order chi connectivity index (χ1) is 19.9. The van der Waals surface area contributed by atoms with Crippen LogP contribution < -0.4 is 9.47 Å². The highest BCUT2D eigenvalue weighted by atomic mass is 16.5. The van der Waals surface area contributed by atoms with E-state index in [4.69, 9.17) is 14.5 Å². The lowest BCUT2D eigenvalue weighted by Gasteiger charge is -2.39. The molecule has 1 N–H and O–H groups in total. The number of allylic oxidation sites excluding steroid dienone is 1. The second kappa shape index (κ2) is 12.9. The number of nitrogens with zero attached hydrogens (tertiary/aromatic N) is 2. The molecule has 1 aliphatic carbocycles. The van der Waals surface area contributed by atoms with E-state index in [1.165, 1.54) is 28.7 Å². The van der Waals surface area contributed by atoms with Crippen LogP contribution >= 0.6 is 0 Å². The Morgan fingerprint density at radius 2 is 1.51 bits per heavy atom. The van der Waals surface area contributed by atoms with Gasteiger partial charge in [-0.15, -0.1) is 0 Å². The summed E-state index contributed by atoms with van der Waals surface area (Å²) in [5, 5.41) is 0. The predicted molar refractivity (Wildman–Crippen MR) is 168 cm³/mol. The van der Waals surface area contributed by atoms with Gasteiger partial charge < -0.3 is 14.5 Å². The highest BCUT2D eigenvalue weighted by molar-refractivity contribution is 5.78. The SMILES string of the molecule is COc1ccccc1CN(Cc1ccccc1OC)CC1C=C(C)C(Cc2nc3c(C)cccc3[nH]2)CC1C(C)C. The fourth-order valence-corrected chi connectivity index (χ4v) is 6.67. The molecule has 0 saturated heterocycles. The molecule has 3 atom stereocenters. The fourth-order valence-electron chi connectivity index (χ4n) is 6.67. The van der Waals surface area contributed by atoms with Gasteiger partial charge in [-0.05, 0) is 67.7 Å². The van der Waals surface area contributed by atoms with E-state index in [2.05, 4.69) is 98.3 Å². The third-order valence-corrected chi connectivity index (χ3v) is 8.93. The van der Waals surface area contributed by atoms with Gasteiger partial charge in [0.2, 0.25) is 0 Å². The molecular weight excluding hydrogens is 506 g/mol. The van der Waals surface area contributed by atoms with Gasteiger partial charge in [-0.3, -0.25) is 4.90 Å². The molecular formula is C36H45N3O2. The van der Waals surface area contributed by atoms with Gasteiger partial charge in [0.05, 0.1) is 25.3 Å². The lowest BCUT2D eigenvalue weighted by atomic mass is 9.69. The van der Waals surface area contributed by atoms with Crippen molar-refractivity contribution < 1.29 is 9.47 Å². The van der Waals surface area contributed by atoms with Crippen molar-refractivity contribution in [1.82, 2.24) is 14.9 Å². The van der Waals surface area contributed by atoms with Crippen molar-refractivity contribution in [3.05, 3.63) is 101 Å². The first-order valence-electron chi connectivity index (χ1n) is 14.9. The normalized spacial score (nSPS) is 19.1. The van der Waals surface area contributed by atoms with E-state index < -0.39 is 0 Å². The highest BCUT2D eigenvalue weighted by Gasteiger charge is 2.33. The van der Waals surface area contributed by atoms with E-state index in [0.29, 0.717) is 23.7 Å². The second-order valence-electron chi connectivity index (χ2n) is 12.1. The minimum absolute atomic E-state index is 0.466. The number of hydrogen-bond acceptors (Lipinski definition) is 4. The summed E-state index contributed by atoms with van der Waals surface area (Å²) >= 11 is 0. The molecule has 216 valence electrons. The Labute approximate surface area is 245 Å². The number of hydrogen-bond donors (Lipinski definition) is 1. The number of rotatable bonds is 11. The van der Waals surface area contributed by atoms with E-state index in [1.54, 1.807) is 14.2 Å². The predicted octanol–water partition coefficient (Wildman–Crippen LogP) is 7.99. The molecule has 1 aromatic heterocycles. The van der Waals surface area contributed by atoms with Gasteiger partial charge in [-0.2, -0.15) is 0 Å². The topological polar surface area (TPSA) is 50.4 Å². The Kier molecular flexibility index (Phi) is 9.14. The maximum atomic E-state index is 5.74. The number of ether oxygens (including phenoxy) is 2. The molecule has 0 bridgehead atoms. The van der Waals surface area contributed by atoms with Crippen LogP contribution in [0.25, 0.3) is 11.0 Å². The number of H-pyrrole nitrogens is 1. The van der Waals surface area contributed by atoms with Crippen LogP contribution in [0.3, 0.4) is 0 Å². The van der Waals surface area contributed by atoms with Gasteiger partial charge in [0, 0.05) is 37.2 Å². The van der Waals surface area contributed by atoms with E-state index >= 15 is 0 Å². The van der Waals surface area contributed by atoms with E-state index in [0.717, 1.165) is 54.4 Å². The van der Waals surface area contributed by atoms with Crippen LogP contribution in [0.15, 0.2) is 78.4 Å². The Hall–Kier alpha value is -3.57. The number of aryl methyl sites for hydroxylation is 1. The Bertz CT molecular complexity index is 1440. The van der Waals surface area contributed by atoms with Crippen molar-refractivity contribution in [1.29, 1.82) is 0 Å². The number of aromatic amines is 1. The largest absolute Gasteiger partial charge is 0.496 e. The summed E-state index contributed by atoms with van der Waals surface area (Å²) in [6.07, 6.45) is 4.71. The number of aromatic nitrogens is 2. The van der Waals surface area contributed by atoms with Crippen molar-refractivity contribution in [3.63, 3.8) is 0 Å². The van der Waals surface area contributed by atoms with Crippen LogP contribution in [-0.4, -0.2) is 35.6 Å². The average molecular weight is 552 g/mol. The van der Waals surface area contributed by atoms with E-state index in [9.17, 15) is 0 Å². The first-order valence-corrected chi connectivity index (χ1v) is 14.9. The lowest BCUT2D eigenvalue weighted by molar-refractivity contribution is 0.150. The zero-order valence-corrected chi connectivity index (χ0v) is 25.5. The summed E-state index contributed by atoms with van der Waals surface area (Å²) in [6, 6.07) is 23.1. The summed E-state index contributed by atoms with van der Waals surface area (Å²) in [5.74, 6) is 5.12. The molecule has 0 amide bonds. The maximum Gasteiger partial charge on any atom is 0.123 e. The summed E-state index contributed by atoms with van der Waals surface area (Å²) in [4.78, 5) is 11.2. The minimum Gasteiger partial charge on any atom is -0.496 e. The van der Waals surface area contributed by atoms with Gasteiger partial charge in [-0.1, -0.05) is 74.0 Å². The molecule has 0 saturated carbocycles. The van der Waals surface area contributed by atoms with Crippen LogP contribution in [0.2, 0.25) is 0 Å². The van der Waals surface area contributed by atoms with Gasteiger partial charge >= 0.3 is 0 Å². The fraction of sp³-hybridized carbons (Fsp3) is 0.417. The van der Waals surface area contributed by atoms with Gasteiger partial charge in [0.25, 0.3) is 0 Å². The number of para-hydroxylation sites is 3. The van der Waals surface area contributed by atoms with Gasteiger partial charge in [0.1, 0.15) is 17.3 Å². The minimum atomic E-state index is 0.466. The Balaban J connectivity index is 1.41. The third kappa shape index (κ3) is 6.68. The van der Waals surface area contributed by atoms with E-state index in [1.807, 2.05) is 12.1 Å². The number of nitrogens with one attached hydrogen (secondary N) is 1. The zero-order valence-electron chi connectivity index (χ0n) is 25.5. The van der Waals surface area contributed by atoms with Crippen LogP contribution in [-0.2, 0) is 19.5 Å². The van der Waals surface area contributed by atoms with Crippen LogP contribution in [0, 0.1) is 30.6 Å². The molecule has 1 heterocycles. The lowest BCUT2D eigenvalue weighted by Crippen LogP contribution is -2.37. The molecule has 0 fully saturated rings. The smallest absolute Gasteiger partial charge is 0.123 e. The molecule has 1 aliphatic rings. The zero-order chi connectivity index (χ0) is 28.9. The van der Waals surface area contributed by atoms with Crippen molar-refractivity contribution in [2.75, 3.05) is 20.8 Å². The number of methoxy groups -OCH3 is 2. The highest BCUT2D eigenvalue weighted by Crippen LogP contribution is 2.40. The molecule has 0 aliphatic heterocycles. The molecule has 0 radical (unpaired) electrons. The van der Waals surface area contributed by atoms with Crippen molar-refractivity contribution in [2.45, 2.75) is 53.6 Å². The molecule has 3 aromatic carbocycles. The number of fused-ring (bicyclic) bond motifs is 1. The summed E-state index contributed by atoms with van der Waals surface area (Å²) in [5.41, 5.74) is 7.37. The number of benzene rings is 3. The van der Waals surface area contributed by atoms with Crippen LogP contribution in [0.4, 0.5) is 0 Å². The molecule has 5 nitrogen and oxygen atoms in total. The monoisotopic (exact) mass is 551 g/mol. The first kappa shape index (κ1) is 28.9. The van der Waals surface area contributed by atoms with Gasteiger partial charge in [-0.25, -0.2) is 4.98 Å². The van der Waals surface area contributed by atoms with E-state index in [-0.39, 0.29) is 0 Å². The summed E-state index contributed by atoms with van der Waals surface area (Å²) in [7, 11) is 3.52. The summed E-state index contributed by atoms with van der Waals surface area (Å²) in [6.45, 7) is 11.9. The quantitative estimate of drug-likeness (QED) is 0.192. The average Bonchev–Trinajstić information content (AvgIpc) is 3.39. The molecule has 41 heavy (non-hydrogen) atoms. The van der Waals surface area contributed by atoms with Crippen molar-refractivity contribution >= 4 is 11.0 Å². The van der Waals surface area contributed by atoms with Crippen molar-refractivity contribution in [2.24, 2.45) is 23.7 Å². The molecule has 3 unspecified atom stereocenters. The second-order valence-corrected chi connectivity index (χ2v) is 12.1. The summed E-state index contributed by atoms with van der Waals surface area (Å²) < 4.78 is 11.5. The third-order valence-electron chi connectivity index (χ3n) is 8.93. The molecule has 5 heteroatoms. The number of imidazole rings is 1. The van der Waals surface area contributed by atoms with Crippen molar-refractivity contribution in [3.8, 4) is 11.5 Å². The molecule has 5 rings (SSSR count). The Morgan fingerprint density at radius 1 is 0.878 bits per heavy atom. The van der Waals surface area contributed by atoms with Crippen LogP contribution in [0.5, 0.6) is 11.5 Å². The van der Waals surface area contributed by atoms with Crippen LogP contribution in [0.1, 0.15) is 49.7 Å². The standard InChI is InChI=1S/C36H45N3O2/c1-24(2)31-19-29(20-35-37-32-15-11-12-25(3)36(32)38-35)26(4)18-30(31)23-39(21-27-13-7-9-16-33(27)40-5)22-28-14-8-10-17-34(28)41-6/h7-18,24,29-31H,19-23H2,1-6H3,(H,37,38). The molecule has 0 spiro atoms. The molecule has 4 aromatic rings.